The second-order valence-corrected chi connectivity index (χ2v) is 12.1. The van der Waals surface area contributed by atoms with Gasteiger partial charge in [-0.05, 0) is 61.7 Å². The number of rotatable bonds is 10. The Labute approximate surface area is 228 Å². The molecule has 0 spiro atoms. The van der Waals surface area contributed by atoms with Crippen LogP contribution in [0.4, 0.5) is 10.1 Å². The fraction of sp³-hybridized carbons (Fsp3) is 0.292. The van der Waals surface area contributed by atoms with Gasteiger partial charge in [0.25, 0.3) is 10.0 Å². The SMILES string of the molecule is C/C(=C/S(=O)(=O)N(OC=O)[C@H]1CCN(c2ccc(-n3ccnc3CN(C)C)cc2F)C1=O)c1ccc(Cl)s1. The average Bonchev–Trinajstić information content (AvgIpc) is 3.57. The van der Waals surface area contributed by atoms with E-state index in [9.17, 15) is 18.0 Å². The first kappa shape index (κ1) is 27.9. The summed E-state index contributed by atoms with van der Waals surface area (Å²) < 4.78 is 44.1. The molecule has 2 aromatic heterocycles. The number of hydrogen-bond donors (Lipinski definition) is 0. The predicted octanol–water partition coefficient (Wildman–Crippen LogP) is 3.67. The molecule has 0 saturated carbocycles. The van der Waals surface area contributed by atoms with Gasteiger partial charge in [0.1, 0.15) is 17.7 Å². The van der Waals surface area contributed by atoms with E-state index in [2.05, 4.69) is 4.98 Å². The average molecular weight is 582 g/mol. The minimum atomic E-state index is -4.38. The standard InChI is InChI=1S/C24H25ClFN5O5S2/c1-16(21-6-7-22(25)37-21)14-38(34,35)31(36-15-32)20-8-10-30(24(20)33)19-5-4-17(12-18(19)26)29-11-9-27-23(29)13-28(2)3/h4-7,9,11-12,14-15,20H,8,10,13H2,1-3H3/b16-14-/t20-/m0/s1. The van der Waals surface area contributed by atoms with Gasteiger partial charge in [-0.25, -0.2) is 17.8 Å². The van der Waals surface area contributed by atoms with Crippen LogP contribution in [0.25, 0.3) is 11.3 Å². The number of benzene rings is 1. The van der Waals surface area contributed by atoms with Gasteiger partial charge in [-0.15, -0.1) is 11.3 Å². The molecule has 3 heterocycles. The lowest BCUT2D eigenvalue weighted by Gasteiger charge is -2.23. The van der Waals surface area contributed by atoms with E-state index in [1.165, 1.54) is 23.5 Å². The highest BCUT2D eigenvalue weighted by Crippen LogP contribution is 2.32. The van der Waals surface area contributed by atoms with Gasteiger partial charge in [0.05, 0.1) is 22.0 Å². The highest BCUT2D eigenvalue weighted by atomic mass is 35.5. The van der Waals surface area contributed by atoms with E-state index in [0.29, 0.717) is 37.3 Å². The number of imidazole rings is 1. The van der Waals surface area contributed by atoms with Crippen molar-refractivity contribution in [2.24, 2.45) is 0 Å². The summed E-state index contributed by atoms with van der Waals surface area (Å²) in [5.74, 6) is -0.681. The van der Waals surface area contributed by atoms with E-state index >= 15 is 4.39 Å². The number of amides is 1. The molecule has 10 nitrogen and oxygen atoms in total. The molecule has 1 aliphatic rings. The lowest BCUT2D eigenvalue weighted by Crippen LogP contribution is -2.44. The third-order valence-corrected chi connectivity index (χ3v) is 8.65. The van der Waals surface area contributed by atoms with Crippen LogP contribution in [0.1, 0.15) is 24.0 Å². The zero-order valence-electron chi connectivity index (χ0n) is 20.7. The number of aromatic nitrogens is 2. The first-order valence-electron chi connectivity index (χ1n) is 11.4. The lowest BCUT2D eigenvalue weighted by molar-refractivity contribution is -0.160. The predicted molar refractivity (Wildman–Crippen MR) is 143 cm³/mol. The highest BCUT2D eigenvalue weighted by molar-refractivity contribution is 7.92. The first-order valence-corrected chi connectivity index (χ1v) is 14.1. The number of hydrogen-bond acceptors (Lipinski definition) is 8. The van der Waals surface area contributed by atoms with Crippen LogP contribution in [0.2, 0.25) is 4.34 Å². The van der Waals surface area contributed by atoms with E-state index in [4.69, 9.17) is 16.4 Å². The van der Waals surface area contributed by atoms with Crippen LogP contribution in [0.3, 0.4) is 0 Å². The van der Waals surface area contributed by atoms with Crippen LogP contribution in [-0.2, 0) is 31.0 Å². The summed E-state index contributed by atoms with van der Waals surface area (Å²) >= 11 is 7.11. The molecule has 1 fully saturated rings. The first-order chi connectivity index (χ1) is 18.0. The van der Waals surface area contributed by atoms with Crippen molar-refractivity contribution in [3.8, 4) is 5.69 Å². The molecule has 1 aromatic carbocycles. The number of carbonyl (C=O) groups is 2. The van der Waals surface area contributed by atoms with Gasteiger partial charge < -0.3 is 19.2 Å². The summed E-state index contributed by atoms with van der Waals surface area (Å²) in [6.45, 7) is 2.05. The Hall–Kier alpha value is -3.10. The Morgan fingerprint density at radius 2 is 2.08 bits per heavy atom. The molecule has 0 bridgehead atoms. The van der Waals surface area contributed by atoms with Crippen LogP contribution in [0.15, 0.2) is 48.1 Å². The van der Waals surface area contributed by atoms with E-state index in [0.717, 1.165) is 10.3 Å². The van der Waals surface area contributed by atoms with Gasteiger partial charge in [-0.2, -0.15) is 0 Å². The van der Waals surface area contributed by atoms with Crippen LogP contribution < -0.4 is 4.90 Å². The summed E-state index contributed by atoms with van der Waals surface area (Å²) in [6.07, 6.45) is 3.31. The molecule has 0 unspecified atom stereocenters. The summed E-state index contributed by atoms with van der Waals surface area (Å²) in [6, 6.07) is 6.30. The van der Waals surface area contributed by atoms with Gasteiger partial charge in [0, 0.05) is 35.6 Å². The topological polar surface area (TPSA) is 105 Å². The maximum Gasteiger partial charge on any atom is 0.314 e. The monoisotopic (exact) mass is 581 g/mol. The minimum Gasteiger partial charge on any atom is -0.355 e. The molecule has 38 heavy (non-hydrogen) atoms. The van der Waals surface area contributed by atoms with Crippen molar-refractivity contribution in [2.45, 2.75) is 25.9 Å². The van der Waals surface area contributed by atoms with Crippen LogP contribution in [-0.4, -0.2) is 66.4 Å². The molecule has 14 heteroatoms. The van der Waals surface area contributed by atoms with Crippen LogP contribution >= 0.6 is 22.9 Å². The van der Waals surface area contributed by atoms with E-state index in [1.807, 2.05) is 19.0 Å². The zero-order chi connectivity index (χ0) is 27.6. The van der Waals surface area contributed by atoms with Crippen molar-refractivity contribution in [1.82, 2.24) is 18.9 Å². The number of anilines is 1. The van der Waals surface area contributed by atoms with Gasteiger partial charge in [-0.3, -0.25) is 9.59 Å². The smallest absolute Gasteiger partial charge is 0.314 e. The quantitative estimate of drug-likeness (QED) is 0.266. The zero-order valence-corrected chi connectivity index (χ0v) is 23.1. The molecule has 1 aliphatic heterocycles. The minimum absolute atomic E-state index is 0.0146. The number of nitrogens with zero attached hydrogens (tertiary/aromatic N) is 5. The Bertz CT molecular complexity index is 1490. The van der Waals surface area contributed by atoms with Gasteiger partial charge >= 0.3 is 6.47 Å². The van der Waals surface area contributed by atoms with Crippen molar-refractivity contribution < 1.29 is 27.2 Å². The molecule has 0 aliphatic carbocycles. The van der Waals surface area contributed by atoms with Crippen molar-refractivity contribution in [3.63, 3.8) is 0 Å². The third kappa shape index (κ3) is 5.81. The molecule has 1 amide bonds. The summed E-state index contributed by atoms with van der Waals surface area (Å²) in [4.78, 5) is 37.2. The Kier molecular flexibility index (Phi) is 8.33. The number of hydroxylamine groups is 1. The van der Waals surface area contributed by atoms with Gasteiger partial charge in [0.2, 0.25) is 5.91 Å². The largest absolute Gasteiger partial charge is 0.355 e. The highest BCUT2D eigenvalue weighted by Gasteiger charge is 2.44. The summed E-state index contributed by atoms with van der Waals surface area (Å²) in [5, 5.41) is 0.903. The molecule has 4 rings (SSSR count). The van der Waals surface area contributed by atoms with E-state index < -0.39 is 27.8 Å². The van der Waals surface area contributed by atoms with Gasteiger partial charge in [0.15, 0.2) is 0 Å². The normalized spacial score (nSPS) is 16.6. The molecule has 202 valence electrons. The maximum atomic E-state index is 15.3. The Morgan fingerprint density at radius 3 is 2.71 bits per heavy atom. The van der Waals surface area contributed by atoms with Crippen LogP contribution in [0.5, 0.6) is 0 Å². The van der Waals surface area contributed by atoms with E-state index in [1.54, 1.807) is 42.1 Å². The molecule has 1 atom stereocenters. The molecule has 1 saturated heterocycles. The van der Waals surface area contributed by atoms with Crippen LogP contribution in [0, 0.1) is 5.82 Å². The van der Waals surface area contributed by atoms with Crippen molar-refractivity contribution in [2.75, 3.05) is 25.5 Å². The number of sulfonamides is 1. The van der Waals surface area contributed by atoms with E-state index in [-0.39, 0.29) is 25.1 Å². The molecular weight excluding hydrogens is 557 g/mol. The van der Waals surface area contributed by atoms with Crippen molar-refractivity contribution >= 4 is 56.6 Å². The fourth-order valence-corrected chi connectivity index (χ4v) is 6.62. The number of thiophene rings is 1. The summed E-state index contributed by atoms with van der Waals surface area (Å²) in [7, 11) is -0.593. The molecule has 0 radical (unpaired) electrons. The molecular formula is C24H25ClFN5O5S2. The van der Waals surface area contributed by atoms with Crippen molar-refractivity contribution in [3.05, 3.63) is 69.0 Å². The second-order valence-electron chi connectivity index (χ2n) is 8.79. The molecule has 0 N–H and O–H groups in total. The Morgan fingerprint density at radius 1 is 1.32 bits per heavy atom. The maximum absolute atomic E-state index is 15.3. The van der Waals surface area contributed by atoms with Gasteiger partial charge in [-0.1, -0.05) is 11.6 Å². The lowest BCUT2D eigenvalue weighted by atomic mass is 10.2. The third-order valence-electron chi connectivity index (χ3n) is 5.79. The Balaban J connectivity index is 1.58. The summed E-state index contributed by atoms with van der Waals surface area (Å²) in [5.41, 5.74) is 0.851. The number of halogens is 2. The number of allylic oxidation sites excluding steroid dienone is 1. The number of carbonyl (C=O) groups excluding carboxylic acids is 2. The van der Waals surface area contributed by atoms with Crippen molar-refractivity contribution in [1.29, 1.82) is 0 Å². The second kappa shape index (κ2) is 11.3. The molecule has 3 aromatic rings. The fourth-order valence-electron chi connectivity index (χ4n) is 4.15.